The van der Waals surface area contributed by atoms with Gasteiger partial charge in [-0.2, -0.15) is 17.6 Å². The fourth-order valence-corrected chi connectivity index (χ4v) is 2.85. The van der Waals surface area contributed by atoms with Gasteiger partial charge in [0, 0.05) is 12.5 Å². The summed E-state index contributed by atoms with van der Waals surface area (Å²) >= 11 is 0. The van der Waals surface area contributed by atoms with Crippen LogP contribution in [-0.4, -0.2) is 18.7 Å². The average molecular weight is 508 g/mol. The van der Waals surface area contributed by atoms with Crippen molar-refractivity contribution in [1.82, 2.24) is 0 Å². The molecule has 0 N–H and O–H groups in total. The number of halogens is 6. The molecule has 0 heterocycles. The Balaban J connectivity index is 1.80. The molecule has 0 radical (unpaired) electrons. The van der Waals surface area contributed by atoms with Gasteiger partial charge in [-0.3, -0.25) is 0 Å². The first kappa shape index (κ1) is 26.5. The van der Waals surface area contributed by atoms with Crippen LogP contribution in [0.1, 0.15) is 41.8 Å². The number of benzene rings is 3. The number of alkyl halides is 2. The van der Waals surface area contributed by atoms with Crippen molar-refractivity contribution in [2.24, 2.45) is 0 Å². The van der Waals surface area contributed by atoms with Gasteiger partial charge < -0.3 is 14.2 Å². The van der Waals surface area contributed by atoms with E-state index in [9.17, 15) is 31.1 Å². The lowest BCUT2D eigenvalue weighted by atomic mass is 10.1. The Morgan fingerprint density at radius 3 is 2.00 bits per heavy atom. The zero-order valence-corrected chi connectivity index (χ0v) is 18.9. The van der Waals surface area contributed by atoms with Crippen LogP contribution >= 0.6 is 0 Å². The van der Waals surface area contributed by atoms with Gasteiger partial charge in [-0.1, -0.05) is 30.9 Å². The third-order valence-electron chi connectivity index (χ3n) is 4.47. The van der Waals surface area contributed by atoms with Crippen LogP contribution in [0, 0.1) is 35.1 Å². The highest BCUT2D eigenvalue weighted by Gasteiger charge is 2.27. The van der Waals surface area contributed by atoms with Gasteiger partial charge >= 0.3 is 12.1 Å². The van der Waals surface area contributed by atoms with Gasteiger partial charge in [0.2, 0.25) is 11.6 Å². The third-order valence-corrected chi connectivity index (χ3v) is 4.47. The zero-order chi connectivity index (χ0) is 26.5. The zero-order valence-electron chi connectivity index (χ0n) is 18.9. The summed E-state index contributed by atoms with van der Waals surface area (Å²) in [6.07, 6.45) is -3.14. The molecular weight excluding hydrogens is 490 g/mol. The van der Waals surface area contributed by atoms with E-state index in [1.54, 1.807) is 6.92 Å². The fraction of sp³-hybridized carbons (Fsp3) is 0.192. The van der Waals surface area contributed by atoms with Crippen molar-refractivity contribution in [3.63, 3.8) is 0 Å². The van der Waals surface area contributed by atoms with E-state index in [0.717, 1.165) is 0 Å². The third kappa shape index (κ3) is 6.30. The molecule has 3 rings (SSSR count). The van der Waals surface area contributed by atoms with Gasteiger partial charge in [-0.15, -0.1) is 0 Å². The number of para-hydroxylation sites is 2. The SMILES string of the molecule is CCCOc1c(F)c(F)c(C#Cc2ccc(C(=O)Oc3ccccc3OC(C)(F)F)cc2)c(F)c1F. The van der Waals surface area contributed by atoms with Crippen LogP contribution < -0.4 is 14.2 Å². The predicted molar refractivity (Wildman–Crippen MR) is 117 cm³/mol. The molecule has 3 aromatic rings. The van der Waals surface area contributed by atoms with Gasteiger partial charge in [0.25, 0.3) is 0 Å². The molecule has 10 heteroatoms. The number of carbonyl (C=O) groups is 1. The van der Waals surface area contributed by atoms with Crippen molar-refractivity contribution in [3.8, 4) is 29.1 Å². The van der Waals surface area contributed by atoms with Crippen LogP contribution in [0.2, 0.25) is 0 Å². The molecule has 0 bridgehead atoms. The molecule has 188 valence electrons. The van der Waals surface area contributed by atoms with Crippen molar-refractivity contribution in [2.45, 2.75) is 26.4 Å². The molecule has 0 atom stereocenters. The van der Waals surface area contributed by atoms with Crippen molar-refractivity contribution < 1.29 is 45.3 Å². The minimum atomic E-state index is -3.50. The minimum Gasteiger partial charge on any atom is -0.487 e. The van der Waals surface area contributed by atoms with Gasteiger partial charge in [0.05, 0.1) is 12.2 Å². The molecule has 0 saturated heterocycles. The Labute approximate surface area is 202 Å². The summed E-state index contributed by atoms with van der Waals surface area (Å²) in [4.78, 5) is 12.4. The molecule has 0 fully saturated rings. The van der Waals surface area contributed by atoms with E-state index < -0.39 is 46.7 Å². The fourth-order valence-electron chi connectivity index (χ4n) is 2.85. The largest absolute Gasteiger partial charge is 0.487 e. The lowest BCUT2D eigenvalue weighted by molar-refractivity contribution is -0.159. The number of ether oxygens (including phenoxy) is 3. The number of rotatable bonds is 7. The van der Waals surface area contributed by atoms with Gasteiger partial charge in [0.1, 0.15) is 5.56 Å². The molecule has 0 spiro atoms. The first-order valence-electron chi connectivity index (χ1n) is 10.5. The maximum absolute atomic E-state index is 14.3. The van der Waals surface area contributed by atoms with Crippen LogP contribution in [0.3, 0.4) is 0 Å². The summed E-state index contributed by atoms with van der Waals surface area (Å²) in [5.74, 6) is -5.07. The van der Waals surface area contributed by atoms with Crippen molar-refractivity contribution >= 4 is 5.97 Å². The Kier molecular flexibility index (Phi) is 8.14. The molecule has 36 heavy (non-hydrogen) atoms. The van der Waals surface area contributed by atoms with Crippen LogP contribution in [-0.2, 0) is 0 Å². The summed E-state index contributed by atoms with van der Waals surface area (Å²) in [7, 11) is 0. The molecule has 0 aromatic heterocycles. The standard InChI is InChI=1S/C26H18F6O4/c1-3-14-34-24-22(29)20(27)17(21(28)23(24)30)13-10-15-8-11-16(12-9-15)25(33)35-18-6-4-5-7-19(18)36-26(2,31)32/h4-9,11-12H,3,14H2,1-2H3. The number of hydrogen-bond donors (Lipinski definition) is 0. The van der Waals surface area contributed by atoms with Crippen LogP contribution in [0.15, 0.2) is 48.5 Å². The monoisotopic (exact) mass is 508 g/mol. The maximum atomic E-state index is 14.3. The maximum Gasteiger partial charge on any atom is 0.395 e. The second kappa shape index (κ2) is 11.1. The molecule has 3 aromatic carbocycles. The number of hydrogen-bond acceptors (Lipinski definition) is 4. The second-order valence-corrected chi connectivity index (χ2v) is 7.38. The molecule has 4 nitrogen and oxygen atoms in total. The van der Waals surface area contributed by atoms with Crippen LogP contribution in [0.25, 0.3) is 0 Å². The van der Waals surface area contributed by atoms with Gasteiger partial charge in [0.15, 0.2) is 28.9 Å². The number of esters is 1. The lowest BCUT2D eigenvalue weighted by Crippen LogP contribution is -2.20. The van der Waals surface area contributed by atoms with E-state index in [1.165, 1.54) is 48.5 Å². The van der Waals surface area contributed by atoms with E-state index >= 15 is 0 Å². The summed E-state index contributed by atoms with van der Waals surface area (Å²) < 4.78 is 97.4. The molecular formula is C26H18F6O4. The molecule has 0 aliphatic heterocycles. The highest BCUT2D eigenvalue weighted by atomic mass is 19.3. The van der Waals surface area contributed by atoms with E-state index in [1.807, 2.05) is 5.92 Å². The smallest absolute Gasteiger partial charge is 0.395 e. The van der Waals surface area contributed by atoms with Crippen LogP contribution in [0.4, 0.5) is 26.3 Å². The summed E-state index contributed by atoms with van der Waals surface area (Å²) in [5.41, 5.74) is -0.987. The van der Waals surface area contributed by atoms with Crippen LogP contribution in [0.5, 0.6) is 17.2 Å². The van der Waals surface area contributed by atoms with Crippen molar-refractivity contribution in [1.29, 1.82) is 0 Å². The summed E-state index contributed by atoms with van der Waals surface area (Å²) in [6, 6.07) is 10.4. The Morgan fingerprint density at radius 2 is 1.44 bits per heavy atom. The highest BCUT2D eigenvalue weighted by Crippen LogP contribution is 2.32. The normalized spacial score (nSPS) is 10.9. The molecule has 0 aliphatic carbocycles. The topological polar surface area (TPSA) is 44.8 Å². The lowest BCUT2D eigenvalue weighted by Gasteiger charge is -2.15. The van der Waals surface area contributed by atoms with E-state index in [0.29, 0.717) is 13.3 Å². The Hall–Kier alpha value is -4.13. The van der Waals surface area contributed by atoms with Gasteiger partial charge in [-0.05, 0) is 42.8 Å². The minimum absolute atomic E-state index is 0.00881. The Morgan fingerprint density at radius 1 is 0.861 bits per heavy atom. The first-order chi connectivity index (χ1) is 17.0. The summed E-state index contributed by atoms with van der Waals surface area (Å²) in [5, 5.41) is 0. The number of carbonyl (C=O) groups excluding carboxylic acids is 1. The quantitative estimate of drug-likeness (QED) is 0.118. The first-order valence-corrected chi connectivity index (χ1v) is 10.5. The highest BCUT2D eigenvalue weighted by molar-refractivity contribution is 5.91. The summed E-state index contributed by atoms with van der Waals surface area (Å²) in [6.45, 7) is 2.03. The van der Waals surface area contributed by atoms with Crippen molar-refractivity contribution in [2.75, 3.05) is 6.61 Å². The molecule has 0 aliphatic rings. The predicted octanol–water partition coefficient (Wildman–Crippen LogP) is 6.64. The van der Waals surface area contributed by atoms with E-state index in [2.05, 4.69) is 10.7 Å². The molecule has 0 unspecified atom stereocenters. The molecule has 0 amide bonds. The van der Waals surface area contributed by atoms with Gasteiger partial charge in [-0.25, -0.2) is 13.6 Å². The van der Waals surface area contributed by atoms with E-state index in [4.69, 9.17) is 9.47 Å². The Bertz CT molecular complexity index is 1290. The molecule has 0 saturated carbocycles. The second-order valence-electron chi connectivity index (χ2n) is 7.38. The van der Waals surface area contributed by atoms with Crippen molar-refractivity contribution in [3.05, 3.63) is 88.5 Å². The average Bonchev–Trinajstić information content (AvgIpc) is 2.83. The van der Waals surface area contributed by atoms with E-state index in [-0.39, 0.29) is 29.2 Å².